The van der Waals surface area contributed by atoms with Crippen LogP contribution in [0.2, 0.25) is 0 Å². The molecular formula is C20H30N6S. The van der Waals surface area contributed by atoms with Crippen molar-refractivity contribution < 1.29 is 0 Å². The summed E-state index contributed by atoms with van der Waals surface area (Å²) in [5.41, 5.74) is 15.7. The average Bonchev–Trinajstić information content (AvgIpc) is 2.66. The van der Waals surface area contributed by atoms with Crippen LogP contribution in [-0.4, -0.2) is 53.3 Å². The molecule has 0 unspecified atom stereocenters. The highest BCUT2D eigenvalue weighted by Crippen LogP contribution is 2.25. The second-order valence-corrected chi connectivity index (χ2v) is 8.33. The Morgan fingerprint density at radius 1 is 1.07 bits per heavy atom. The second kappa shape index (κ2) is 9.39. The highest BCUT2D eigenvalue weighted by atomic mass is 32.2. The van der Waals surface area contributed by atoms with Crippen LogP contribution in [0.4, 0.5) is 11.6 Å². The van der Waals surface area contributed by atoms with Gasteiger partial charge in [-0.05, 0) is 17.0 Å². The molecule has 1 aromatic heterocycles. The molecule has 2 aromatic rings. The van der Waals surface area contributed by atoms with E-state index < -0.39 is 0 Å². The normalized spacial score (nSPS) is 15.4. The van der Waals surface area contributed by atoms with Gasteiger partial charge in [0.1, 0.15) is 11.6 Å². The van der Waals surface area contributed by atoms with Gasteiger partial charge in [-0.3, -0.25) is 4.90 Å². The van der Waals surface area contributed by atoms with Crippen molar-refractivity contribution in [3.8, 4) is 0 Å². The molecule has 27 heavy (non-hydrogen) atoms. The van der Waals surface area contributed by atoms with Crippen molar-refractivity contribution in [3.05, 3.63) is 41.0 Å². The van der Waals surface area contributed by atoms with Gasteiger partial charge in [-0.2, -0.15) is 0 Å². The highest BCUT2D eigenvalue weighted by Gasteiger charge is 2.13. The van der Waals surface area contributed by atoms with Crippen LogP contribution in [0.15, 0.2) is 29.4 Å². The minimum absolute atomic E-state index is 0.486. The fourth-order valence-corrected chi connectivity index (χ4v) is 4.03. The Morgan fingerprint density at radius 3 is 2.30 bits per heavy atom. The molecule has 5 N–H and O–H groups in total. The Labute approximate surface area is 166 Å². The second-order valence-electron chi connectivity index (χ2n) is 7.27. The van der Waals surface area contributed by atoms with Crippen molar-refractivity contribution in [1.29, 1.82) is 0 Å². The maximum absolute atomic E-state index is 6.20. The van der Waals surface area contributed by atoms with Crippen LogP contribution in [0.25, 0.3) is 0 Å². The first-order chi connectivity index (χ1) is 13.0. The number of hydrogen-bond donors (Lipinski definition) is 3. The third kappa shape index (κ3) is 5.57. The maximum atomic E-state index is 6.20. The monoisotopic (exact) mass is 386 g/mol. The van der Waals surface area contributed by atoms with Crippen molar-refractivity contribution in [2.24, 2.45) is 0 Å². The molecule has 3 rings (SSSR count). The number of nitrogens with zero attached hydrogens (tertiary/aromatic N) is 3. The summed E-state index contributed by atoms with van der Waals surface area (Å²) in [7, 11) is 0. The molecule has 146 valence electrons. The maximum Gasteiger partial charge on any atom is 0.191 e. The standard InChI is InChI=1S/C20H30N6S/c1-14(2)16-5-3-15(4-6-16)13-17-18(21)24-20(25-19(17)22)27-12-11-26-9-7-23-8-10-26/h3-6,14,23H,7-13H2,1-2H3,(H4,21,22,24,25). The largest absolute Gasteiger partial charge is 0.383 e. The Kier molecular flexibility index (Phi) is 6.93. The smallest absolute Gasteiger partial charge is 0.191 e. The molecule has 1 saturated heterocycles. The molecule has 1 fully saturated rings. The molecule has 0 radical (unpaired) electrons. The lowest BCUT2D eigenvalue weighted by molar-refractivity contribution is 0.255. The zero-order chi connectivity index (χ0) is 19.2. The van der Waals surface area contributed by atoms with Crippen molar-refractivity contribution in [2.45, 2.75) is 31.3 Å². The van der Waals surface area contributed by atoms with Gasteiger partial charge >= 0.3 is 0 Å². The quantitative estimate of drug-likeness (QED) is 0.497. The van der Waals surface area contributed by atoms with Crippen LogP contribution < -0.4 is 16.8 Å². The molecule has 6 nitrogen and oxygen atoms in total. The highest BCUT2D eigenvalue weighted by molar-refractivity contribution is 7.99. The summed E-state index contributed by atoms with van der Waals surface area (Å²) < 4.78 is 0. The number of benzene rings is 1. The van der Waals surface area contributed by atoms with Crippen LogP contribution in [0, 0.1) is 0 Å². The van der Waals surface area contributed by atoms with E-state index in [2.05, 4.69) is 58.3 Å². The van der Waals surface area contributed by atoms with Crippen LogP contribution in [0.3, 0.4) is 0 Å². The number of thioether (sulfide) groups is 1. The van der Waals surface area contributed by atoms with Gasteiger partial charge in [-0.1, -0.05) is 49.9 Å². The van der Waals surface area contributed by atoms with E-state index in [1.165, 1.54) is 11.1 Å². The van der Waals surface area contributed by atoms with Gasteiger partial charge in [0.15, 0.2) is 5.16 Å². The molecule has 0 spiro atoms. The van der Waals surface area contributed by atoms with E-state index in [9.17, 15) is 0 Å². The van der Waals surface area contributed by atoms with E-state index in [1.807, 2.05) is 0 Å². The number of rotatable bonds is 7. The van der Waals surface area contributed by atoms with Gasteiger partial charge in [0, 0.05) is 50.5 Å². The Hall–Kier alpha value is -1.83. The summed E-state index contributed by atoms with van der Waals surface area (Å²) in [6.07, 6.45) is 0.655. The summed E-state index contributed by atoms with van der Waals surface area (Å²) in [5.74, 6) is 2.43. The molecule has 1 aliphatic rings. The number of nitrogens with two attached hydrogens (primary N) is 2. The molecule has 0 aliphatic carbocycles. The SMILES string of the molecule is CC(C)c1ccc(Cc2c(N)nc(SCCN3CCNCC3)nc2N)cc1. The Morgan fingerprint density at radius 2 is 1.70 bits per heavy atom. The predicted molar refractivity (Wildman–Crippen MR) is 114 cm³/mol. The van der Waals surface area contributed by atoms with E-state index in [4.69, 9.17) is 11.5 Å². The van der Waals surface area contributed by atoms with Gasteiger partial charge in [-0.15, -0.1) is 0 Å². The summed E-state index contributed by atoms with van der Waals surface area (Å²) >= 11 is 1.62. The molecule has 7 heteroatoms. The van der Waals surface area contributed by atoms with Crippen LogP contribution in [-0.2, 0) is 6.42 Å². The van der Waals surface area contributed by atoms with Crippen LogP contribution in [0.5, 0.6) is 0 Å². The van der Waals surface area contributed by atoms with E-state index in [-0.39, 0.29) is 0 Å². The first-order valence-corrected chi connectivity index (χ1v) is 10.6. The first kappa shape index (κ1) is 19.9. The molecule has 0 atom stereocenters. The van der Waals surface area contributed by atoms with Gasteiger partial charge in [0.05, 0.1) is 0 Å². The lowest BCUT2D eigenvalue weighted by Crippen LogP contribution is -2.44. The van der Waals surface area contributed by atoms with E-state index in [1.54, 1.807) is 11.8 Å². The Balaban J connectivity index is 1.60. The molecule has 0 saturated carbocycles. The fourth-order valence-electron chi connectivity index (χ4n) is 3.17. The Bertz CT molecular complexity index is 718. The van der Waals surface area contributed by atoms with E-state index >= 15 is 0 Å². The summed E-state index contributed by atoms with van der Waals surface area (Å²) in [6.45, 7) is 9.73. The molecule has 0 amide bonds. The summed E-state index contributed by atoms with van der Waals surface area (Å²) in [4.78, 5) is 11.4. The fraction of sp³-hybridized carbons (Fsp3) is 0.500. The van der Waals surface area contributed by atoms with Crippen molar-refractivity contribution in [1.82, 2.24) is 20.2 Å². The van der Waals surface area contributed by atoms with E-state index in [0.717, 1.165) is 44.0 Å². The third-order valence-electron chi connectivity index (χ3n) is 4.93. The van der Waals surface area contributed by atoms with Crippen molar-refractivity contribution in [3.63, 3.8) is 0 Å². The first-order valence-electron chi connectivity index (χ1n) is 9.59. The number of nitrogens with one attached hydrogen (secondary N) is 1. The topological polar surface area (TPSA) is 93.1 Å². The number of piperazine rings is 1. The molecule has 1 aromatic carbocycles. The van der Waals surface area contributed by atoms with Crippen LogP contribution >= 0.6 is 11.8 Å². The van der Waals surface area contributed by atoms with Crippen LogP contribution in [0.1, 0.15) is 36.5 Å². The van der Waals surface area contributed by atoms with Gasteiger partial charge in [0.2, 0.25) is 0 Å². The molecule has 1 aliphatic heterocycles. The van der Waals surface area contributed by atoms with Gasteiger partial charge < -0.3 is 16.8 Å². The zero-order valence-corrected chi connectivity index (χ0v) is 17.1. The van der Waals surface area contributed by atoms with Gasteiger partial charge in [-0.25, -0.2) is 9.97 Å². The van der Waals surface area contributed by atoms with Gasteiger partial charge in [0.25, 0.3) is 0 Å². The van der Waals surface area contributed by atoms with Crippen molar-refractivity contribution in [2.75, 3.05) is 49.9 Å². The summed E-state index contributed by atoms with van der Waals surface area (Å²) in [6, 6.07) is 8.58. The lowest BCUT2D eigenvalue weighted by atomic mass is 9.99. The zero-order valence-electron chi connectivity index (χ0n) is 16.2. The number of aromatic nitrogens is 2. The number of nitrogen functional groups attached to an aromatic ring is 2. The minimum atomic E-state index is 0.486. The van der Waals surface area contributed by atoms with E-state index in [0.29, 0.717) is 29.1 Å². The average molecular weight is 387 g/mol. The number of hydrogen-bond acceptors (Lipinski definition) is 7. The van der Waals surface area contributed by atoms with Crippen molar-refractivity contribution >= 4 is 23.4 Å². The summed E-state index contributed by atoms with van der Waals surface area (Å²) in [5, 5.41) is 4.03. The molecule has 2 heterocycles. The third-order valence-corrected chi connectivity index (χ3v) is 5.75. The lowest BCUT2D eigenvalue weighted by Gasteiger charge is -2.26. The molecule has 0 bridgehead atoms. The molecular weight excluding hydrogens is 356 g/mol. The minimum Gasteiger partial charge on any atom is -0.383 e. The predicted octanol–water partition coefficient (Wildman–Crippen LogP) is 2.35. The number of anilines is 2.